The van der Waals surface area contributed by atoms with Gasteiger partial charge in [-0.25, -0.2) is 4.39 Å². The number of nitrogens with zero attached hydrogens (tertiary/aromatic N) is 1. The van der Waals surface area contributed by atoms with Crippen LogP contribution in [0.15, 0.2) is 18.2 Å². The monoisotopic (exact) mass is 256 g/mol. The van der Waals surface area contributed by atoms with E-state index in [0.29, 0.717) is 0 Å². The highest BCUT2D eigenvalue weighted by Crippen LogP contribution is 2.25. The number of benzene rings is 1. The molecule has 1 heterocycles. The van der Waals surface area contributed by atoms with Gasteiger partial charge >= 0.3 is 0 Å². The molecule has 0 aromatic heterocycles. The van der Waals surface area contributed by atoms with Gasteiger partial charge in [-0.1, -0.05) is 0 Å². The van der Waals surface area contributed by atoms with E-state index < -0.39 is 10.7 Å². The lowest BCUT2D eigenvalue weighted by Gasteiger charge is -2.23. The Morgan fingerprint density at radius 2 is 2.12 bits per heavy atom. The summed E-state index contributed by atoms with van der Waals surface area (Å²) in [6, 6.07) is 3.79. The lowest BCUT2D eigenvalue weighted by Crippen LogP contribution is -2.24. The Bertz CT molecular complexity index is 422. The van der Waals surface area contributed by atoms with Crippen molar-refractivity contribution in [3.63, 3.8) is 0 Å². The predicted molar refractivity (Wildman–Crippen MR) is 67.0 cm³/mol. The van der Waals surface area contributed by atoms with Crippen LogP contribution in [0.3, 0.4) is 0 Å². The van der Waals surface area contributed by atoms with Crippen LogP contribution in [-0.2, 0) is 0 Å². The van der Waals surface area contributed by atoms with E-state index in [0.717, 1.165) is 30.4 Å². The number of halogens is 1. The van der Waals surface area contributed by atoms with E-state index in [1.807, 2.05) is 11.8 Å². The first kappa shape index (κ1) is 12.2. The quantitative estimate of drug-likeness (QED) is 0.667. The summed E-state index contributed by atoms with van der Waals surface area (Å²) in [5, 5.41) is 13.7. The van der Waals surface area contributed by atoms with Gasteiger partial charge in [-0.05, 0) is 30.4 Å². The number of hydrogen-bond donors (Lipinski definition) is 1. The van der Waals surface area contributed by atoms with E-state index in [1.54, 1.807) is 0 Å². The van der Waals surface area contributed by atoms with E-state index in [9.17, 15) is 14.5 Å². The molecule has 0 aliphatic carbocycles. The fourth-order valence-corrected chi connectivity index (χ4v) is 2.91. The summed E-state index contributed by atoms with van der Waals surface area (Å²) in [4.78, 5) is 10.1. The Morgan fingerprint density at radius 3 is 2.76 bits per heavy atom. The number of hydrogen-bond acceptors (Lipinski definition) is 4. The fourth-order valence-electron chi connectivity index (χ4n) is 1.80. The average Bonchev–Trinajstić information content (AvgIpc) is 2.33. The second kappa shape index (κ2) is 5.35. The van der Waals surface area contributed by atoms with Gasteiger partial charge in [-0.3, -0.25) is 10.1 Å². The van der Waals surface area contributed by atoms with E-state index in [1.165, 1.54) is 12.1 Å². The summed E-state index contributed by atoms with van der Waals surface area (Å²) in [6.07, 6.45) is 1.93. The molecule has 0 spiro atoms. The van der Waals surface area contributed by atoms with Gasteiger partial charge in [-0.2, -0.15) is 11.8 Å². The zero-order valence-electron chi connectivity index (χ0n) is 9.19. The molecule has 0 unspecified atom stereocenters. The van der Waals surface area contributed by atoms with Gasteiger partial charge in [0.1, 0.15) is 5.82 Å². The molecular weight excluding hydrogens is 243 g/mol. The van der Waals surface area contributed by atoms with Crippen LogP contribution in [0, 0.1) is 15.9 Å². The minimum atomic E-state index is -0.513. The molecule has 0 saturated carbocycles. The third kappa shape index (κ3) is 3.09. The van der Waals surface area contributed by atoms with E-state index >= 15 is 0 Å². The van der Waals surface area contributed by atoms with Crippen molar-refractivity contribution in [2.75, 3.05) is 16.8 Å². The minimum absolute atomic E-state index is 0.0842. The Hall–Kier alpha value is -1.30. The van der Waals surface area contributed by atoms with Crippen molar-refractivity contribution in [2.24, 2.45) is 0 Å². The normalized spacial score (nSPS) is 16.8. The molecule has 1 aliphatic heterocycles. The molecule has 6 heteroatoms. The number of anilines is 1. The van der Waals surface area contributed by atoms with Crippen LogP contribution in [-0.4, -0.2) is 22.5 Å². The first-order chi connectivity index (χ1) is 8.16. The first-order valence-electron chi connectivity index (χ1n) is 5.45. The van der Waals surface area contributed by atoms with Gasteiger partial charge < -0.3 is 5.32 Å². The number of rotatable bonds is 3. The van der Waals surface area contributed by atoms with E-state index in [2.05, 4.69) is 5.32 Å². The third-order valence-electron chi connectivity index (χ3n) is 2.74. The standard InChI is InChI=1S/C11H13FN2O2S/c12-10-2-1-9(14(15)16)7-11(10)13-8-3-5-17-6-4-8/h1-2,7-8,13H,3-6H2. The van der Waals surface area contributed by atoms with Gasteiger partial charge in [0.05, 0.1) is 10.6 Å². The highest BCUT2D eigenvalue weighted by atomic mass is 32.2. The van der Waals surface area contributed by atoms with Crippen LogP contribution in [0.5, 0.6) is 0 Å². The van der Waals surface area contributed by atoms with Crippen molar-refractivity contribution >= 4 is 23.1 Å². The topological polar surface area (TPSA) is 55.2 Å². The van der Waals surface area contributed by atoms with Gasteiger partial charge in [0.2, 0.25) is 0 Å². The average molecular weight is 256 g/mol. The third-order valence-corrected chi connectivity index (χ3v) is 3.79. The van der Waals surface area contributed by atoms with Crippen molar-refractivity contribution in [1.29, 1.82) is 0 Å². The van der Waals surface area contributed by atoms with Crippen LogP contribution in [0.1, 0.15) is 12.8 Å². The van der Waals surface area contributed by atoms with Crippen molar-refractivity contribution in [2.45, 2.75) is 18.9 Å². The van der Waals surface area contributed by atoms with Crippen LogP contribution >= 0.6 is 11.8 Å². The number of non-ortho nitro benzene ring substituents is 1. The fraction of sp³-hybridized carbons (Fsp3) is 0.455. The predicted octanol–water partition coefficient (Wildman–Crippen LogP) is 3.04. The van der Waals surface area contributed by atoms with Crippen LogP contribution in [0.25, 0.3) is 0 Å². The zero-order chi connectivity index (χ0) is 12.3. The SMILES string of the molecule is O=[N+]([O-])c1ccc(F)c(NC2CCSCC2)c1. The molecule has 2 rings (SSSR count). The lowest BCUT2D eigenvalue weighted by molar-refractivity contribution is -0.384. The maximum atomic E-state index is 13.5. The van der Waals surface area contributed by atoms with Crippen molar-refractivity contribution in [3.8, 4) is 0 Å². The molecule has 1 aromatic carbocycles. The summed E-state index contributed by atoms with van der Waals surface area (Å²) < 4.78 is 13.5. The molecule has 0 atom stereocenters. The highest BCUT2D eigenvalue weighted by molar-refractivity contribution is 7.99. The molecule has 1 N–H and O–H groups in total. The summed E-state index contributed by atoms with van der Waals surface area (Å²) in [5.41, 5.74) is 0.148. The molecule has 1 fully saturated rings. The van der Waals surface area contributed by atoms with Crippen molar-refractivity contribution in [1.82, 2.24) is 0 Å². The smallest absolute Gasteiger partial charge is 0.271 e. The number of nitrogens with one attached hydrogen (secondary N) is 1. The summed E-state index contributed by atoms with van der Waals surface area (Å²) >= 11 is 1.88. The highest BCUT2D eigenvalue weighted by Gasteiger charge is 2.17. The molecule has 1 aromatic rings. The second-order valence-electron chi connectivity index (χ2n) is 3.95. The molecule has 0 radical (unpaired) electrons. The number of thioether (sulfide) groups is 1. The first-order valence-corrected chi connectivity index (χ1v) is 6.60. The van der Waals surface area contributed by atoms with Gasteiger partial charge in [-0.15, -0.1) is 0 Å². The molecule has 17 heavy (non-hydrogen) atoms. The Balaban J connectivity index is 2.13. The van der Waals surface area contributed by atoms with Gasteiger partial charge in [0.15, 0.2) is 0 Å². The number of nitro groups is 1. The number of nitro benzene ring substituents is 1. The van der Waals surface area contributed by atoms with Crippen LogP contribution in [0.2, 0.25) is 0 Å². The van der Waals surface area contributed by atoms with Crippen molar-refractivity contribution in [3.05, 3.63) is 34.1 Å². The maximum Gasteiger partial charge on any atom is 0.271 e. The maximum absolute atomic E-state index is 13.5. The zero-order valence-corrected chi connectivity index (χ0v) is 10.0. The van der Waals surface area contributed by atoms with Gasteiger partial charge in [0.25, 0.3) is 5.69 Å². The molecule has 4 nitrogen and oxygen atoms in total. The largest absolute Gasteiger partial charge is 0.380 e. The second-order valence-corrected chi connectivity index (χ2v) is 5.18. The van der Waals surface area contributed by atoms with Crippen LogP contribution < -0.4 is 5.32 Å². The van der Waals surface area contributed by atoms with Gasteiger partial charge in [0, 0.05) is 18.2 Å². The van der Waals surface area contributed by atoms with Crippen LogP contribution in [0.4, 0.5) is 15.8 Å². The molecular formula is C11H13FN2O2S. The summed E-state index contributed by atoms with van der Waals surface area (Å²) in [7, 11) is 0. The summed E-state index contributed by atoms with van der Waals surface area (Å²) in [6.45, 7) is 0. The Labute approximate surface area is 103 Å². The lowest BCUT2D eigenvalue weighted by atomic mass is 10.1. The van der Waals surface area contributed by atoms with E-state index in [4.69, 9.17) is 0 Å². The molecule has 1 aliphatic rings. The Morgan fingerprint density at radius 1 is 1.41 bits per heavy atom. The van der Waals surface area contributed by atoms with Crippen molar-refractivity contribution < 1.29 is 9.31 Å². The Kier molecular flexibility index (Phi) is 3.83. The molecule has 1 saturated heterocycles. The molecule has 0 amide bonds. The molecule has 92 valence electrons. The molecule has 0 bridgehead atoms. The summed E-state index contributed by atoms with van der Waals surface area (Å²) in [5.74, 6) is 1.66. The van der Waals surface area contributed by atoms with E-state index in [-0.39, 0.29) is 17.4 Å². The minimum Gasteiger partial charge on any atom is -0.380 e.